The first-order valence-electron chi connectivity index (χ1n) is 5.58. The van der Waals surface area contributed by atoms with E-state index < -0.39 is 0 Å². The van der Waals surface area contributed by atoms with Crippen molar-refractivity contribution >= 4 is 0 Å². The van der Waals surface area contributed by atoms with E-state index in [1.807, 2.05) is 12.1 Å². The lowest BCUT2D eigenvalue weighted by Crippen LogP contribution is -2.22. The molecule has 0 aromatic heterocycles. The van der Waals surface area contributed by atoms with Crippen molar-refractivity contribution in [2.75, 3.05) is 14.2 Å². The van der Waals surface area contributed by atoms with E-state index in [0.717, 1.165) is 23.5 Å². The second-order valence-electron chi connectivity index (χ2n) is 4.40. The van der Waals surface area contributed by atoms with E-state index in [1.54, 1.807) is 14.2 Å². The number of aliphatic hydroxyl groups is 1. The zero-order chi connectivity index (χ0) is 11.7. The molecule has 2 atom stereocenters. The van der Waals surface area contributed by atoms with Gasteiger partial charge in [-0.2, -0.15) is 0 Å². The van der Waals surface area contributed by atoms with Crippen LogP contribution in [0.25, 0.3) is 0 Å². The highest BCUT2D eigenvalue weighted by Crippen LogP contribution is 2.40. The first-order valence-corrected chi connectivity index (χ1v) is 5.58. The van der Waals surface area contributed by atoms with Crippen molar-refractivity contribution in [3.8, 4) is 11.5 Å². The number of fused-ring (bicyclic) bond motifs is 1. The molecular formula is C13H18O3. The van der Waals surface area contributed by atoms with E-state index in [2.05, 4.69) is 6.92 Å². The van der Waals surface area contributed by atoms with Gasteiger partial charge in [-0.15, -0.1) is 0 Å². The molecule has 0 aliphatic heterocycles. The minimum atomic E-state index is -0.251. The second-order valence-corrected chi connectivity index (χ2v) is 4.40. The van der Waals surface area contributed by atoms with Crippen molar-refractivity contribution in [3.63, 3.8) is 0 Å². The molecule has 0 amide bonds. The van der Waals surface area contributed by atoms with Gasteiger partial charge in [0.2, 0.25) is 0 Å². The van der Waals surface area contributed by atoms with Crippen LogP contribution in [0, 0.1) is 0 Å². The van der Waals surface area contributed by atoms with Crippen molar-refractivity contribution in [1.29, 1.82) is 0 Å². The van der Waals surface area contributed by atoms with E-state index in [9.17, 15) is 5.11 Å². The van der Waals surface area contributed by atoms with E-state index in [1.165, 1.54) is 5.56 Å². The molecule has 1 aliphatic carbocycles. The normalized spacial score (nSPS) is 23.8. The van der Waals surface area contributed by atoms with Crippen LogP contribution in [0.3, 0.4) is 0 Å². The van der Waals surface area contributed by atoms with Crippen LogP contribution in [0.4, 0.5) is 0 Å². The topological polar surface area (TPSA) is 38.7 Å². The monoisotopic (exact) mass is 222 g/mol. The molecule has 3 heteroatoms. The summed E-state index contributed by atoms with van der Waals surface area (Å²) in [4.78, 5) is 0. The molecule has 0 spiro atoms. The van der Waals surface area contributed by atoms with Crippen LogP contribution < -0.4 is 9.47 Å². The van der Waals surface area contributed by atoms with Crippen molar-refractivity contribution in [1.82, 2.24) is 0 Å². The summed E-state index contributed by atoms with van der Waals surface area (Å²) in [5.74, 6) is 1.99. The molecule has 2 rings (SSSR count). The molecule has 0 bridgehead atoms. The quantitative estimate of drug-likeness (QED) is 0.833. The Bertz CT molecular complexity index is 387. The van der Waals surface area contributed by atoms with Gasteiger partial charge in [0.25, 0.3) is 0 Å². The van der Waals surface area contributed by atoms with Gasteiger partial charge in [0.05, 0.1) is 20.3 Å². The SMILES string of the molecule is COc1cc2c(c(OC)c1)[C@H](C)C[C@H](O)C2. The fraction of sp³-hybridized carbons (Fsp3) is 0.538. The first-order chi connectivity index (χ1) is 7.65. The molecule has 0 saturated heterocycles. The standard InChI is InChI=1S/C13H18O3/c1-8-4-10(14)5-9-6-11(15-2)7-12(16-3)13(8)9/h6-8,10,14H,4-5H2,1-3H3/t8-,10+/m1/s1. The summed E-state index contributed by atoms with van der Waals surface area (Å²) < 4.78 is 10.6. The van der Waals surface area contributed by atoms with Gasteiger partial charge in [0.15, 0.2) is 0 Å². The number of ether oxygens (including phenoxy) is 2. The first kappa shape index (κ1) is 11.3. The van der Waals surface area contributed by atoms with E-state index in [0.29, 0.717) is 12.3 Å². The third-order valence-electron chi connectivity index (χ3n) is 3.23. The van der Waals surface area contributed by atoms with E-state index >= 15 is 0 Å². The molecule has 0 fully saturated rings. The van der Waals surface area contributed by atoms with Gasteiger partial charge in [0.1, 0.15) is 11.5 Å². The Labute approximate surface area is 96.0 Å². The third-order valence-corrected chi connectivity index (χ3v) is 3.23. The minimum absolute atomic E-state index is 0.251. The number of methoxy groups -OCH3 is 2. The highest BCUT2D eigenvalue weighted by molar-refractivity contribution is 5.49. The smallest absolute Gasteiger partial charge is 0.126 e. The van der Waals surface area contributed by atoms with Crippen molar-refractivity contribution < 1.29 is 14.6 Å². The van der Waals surface area contributed by atoms with Crippen LogP contribution in [-0.4, -0.2) is 25.4 Å². The number of benzene rings is 1. The van der Waals surface area contributed by atoms with E-state index in [-0.39, 0.29) is 6.10 Å². The van der Waals surface area contributed by atoms with Crippen molar-refractivity contribution in [2.45, 2.75) is 31.8 Å². The van der Waals surface area contributed by atoms with E-state index in [4.69, 9.17) is 9.47 Å². The van der Waals surface area contributed by atoms with Gasteiger partial charge in [-0.05, 0) is 30.4 Å². The molecule has 1 aromatic carbocycles. The Balaban J connectivity index is 2.51. The van der Waals surface area contributed by atoms with Gasteiger partial charge in [0, 0.05) is 11.6 Å². The molecule has 1 aliphatic rings. The van der Waals surface area contributed by atoms with Crippen LogP contribution in [0.5, 0.6) is 11.5 Å². The zero-order valence-electron chi connectivity index (χ0n) is 9.99. The zero-order valence-corrected chi connectivity index (χ0v) is 9.99. The lowest BCUT2D eigenvalue weighted by Gasteiger charge is -2.28. The summed E-state index contributed by atoms with van der Waals surface area (Å²) in [7, 11) is 3.32. The molecule has 0 radical (unpaired) electrons. The van der Waals surface area contributed by atoms with Gasteiger partial charge >= 0.3 is 0 Å². The average molecular weight is 222 g/mol. The molecule has 88 valence electrons. The Hall–Kier alpha value is -1.22. The van der Waals surface area contributed by atoms with Crippen LogP contribution in [0.1, 0.15) is 30.4 Å². The fourth-order valence-electron chi connectivity index (χ4n) is 2.53. The molecule has 0 heterocycles. The number of rotatable bonds is 2. The maximum atomic E-state index is 9.77. The summed E-state index contributed by atoms with van der Waals surface area (Å²) in [6, 6.07) is 3.91. The highest BCUT2D eigenvalue weighted by Gasteiger charge is 2.26. The van der Waals surface area contributed by atoms with Gasteiger partial charge < -0.3 is 14.6 Å². The third kappa shape index (κ3) is 1.87. The van der Waals surface area contributed by atoms with Gasteiger partial charge in [-0.25, -0.2) is 0 Å². The maximum absolute atomic E-state index is 9.77. The molecule has 1 aromatic rings. The Kier molecular flexibility index (Phi) is 3.06. The Morgan fingerprint density at radius 1 is 1.25 bits per heavy atom. The average Bonchev–Trinajstić information content (AvgIpc) is 2.26. The largest absolute Gasteiger partial charge is 0.497 e. The lowest BCUT2D eigenvalue weighted by molar-refractivity contribution is 0.148. The molecular weight excluding hydrogens is 204 g/mol. The summed E-state index contributed by atoms with van der Waals surface area (Å²) in [6.07, 6.45) is 1.24. The summed E-state index contributed by atoms with van der Waals surface area (Å²) in [5.41, 5.74) is 2.36. The molecule has 0 saturated carbocycles. The van der Waals surface area contributed by atoms with Crippen LogP contribution in [0.2, 0.25) is 0 Å². The summed E-state index contributed by atoms with van der Waals surface area (Å²) in [5, 5.41) is 9.77. The number of hydrogen-bond acceptors (Lipinski definition) is 3. The lowest BCUT2D eigenvalue weighted by atomic mass is 9.81. The predicted molar refractivity (Wildman–Crippen MR) is 62.3 cm³/mol. The van der Waals surface area contributed by atoms with Gasteiger partial charge in [-0.3, -0.25) is 0 Å². The molecule has 3 nitrogen and oxygen atoms in total. The van der Waals surface area contributed by atoms with Gasteiger partial charge in [-0.1, -0.05) is 6.92 Å². The number of aliphatic hydroxyl groups excluding tert-OH is 1. The highest BCUT2D eigenvalue weighted by atomic mass is 16.5. The Morgan fingerprint density at radius 3 is 2.62 bits per heavy atom. The van der Waals surface area contributed by atoms with Crippen molar-refractivity contribution in [3.05, 3.63) is 23.3 Å². The summed E-state index contributed by atoms with van der Waals surface area (Å²) in [6.45, 7) is 2.12. The number of hydrogen-bond donors (Lipinski definition) is 1. The van der Waals surface area contributed by atoms with Crippen LogP contribution in [0.15, 0.2) is 12.1 Å². The Morgan fingerprint density at radius 2 is 2.00 bits per heavy atom. The second kappa shape index (κ2) is 4.34. The molecule has 16 heavy (non-hydrogen) atoms. The fourth-order valence-corrected chi connectivity index (χ4v) is 2.53. The molecule has 0 unspecified atom stereocenters. The molecule has 1 N–H and O–H groups in total. The maximum Gasteiger partial charge on any atom is 0.126 e. The predicted octanol–water partition coefficient (Wildman–Crippen LogP) is 2.11. The van der Waals surface area contributed by atoms with Crippen molar-refractivity contribution in [2.24, 2.45) is 0 Å². The minimum Gasteiger partial charge on any atom is -0.497 e. The van der Waals surface area contributed by atoms with Crippen LogP contribution >= 0.6 is 0 Å². The summed E-state index contributed by atoms with van der Waals surface area (Å²) >= 11 is 0. The van der Waals surface area contributed by atoms with Crippen LogP contribution in [-0.2, 0) is 6.42 Å².